The number of ether oxygens (including phenoxy) is 1. The van der Waals surface area contributed by atoms with E-state index in [0.29, 0.717) is 11.8 Å². The number of hydrogen-bond donors (Lipinski definition) is 0. The van der Waals surface area contributed by atoms with Gasteiger partial charge in [0.2, 0.25) is 0 Å². The number of hydrogen-bond acceptors (Lipinski definition) is 2. The molecule has 0 aliphatic heterocycles. The van der Waals surface area contributed by atoms with Crippen LogP contribution in [0.2, 0.25) is 0 Å². The Bertz CT molecular complexity index is 134. The van der Waals surface area contributed by atoms with Crippen molar-refractivity contribution in [2.45, 2.75) is 20.3 Å². The van der Waals surface area contributed by atoms with Gasteiger partial charge in [0, 0.05) is 0 Å². The van der Waals surface area contributed by atoms with E-state index in [-0.39, 0.29) is 11.9 Å². The molecule has 2 unspecified atom stereocenters. The van der Waals surface area contributed by atoms with Crippen LogP contribution in [-0.2, 0) is 9.53 Å². The summed E-state index contributed by atoms with van der Waals surface area (Å²) in [4.78, 5) is 11.0. The van der Waals surface area contributed by atoms with Gasteiger partial charge in [-0.25, -0.2) is 0 Å². The van der Waals surface area contributed by atoms with E-state index < -0.39 is 0 Å². The normalized spacial score (nSPS) is 38.5. The molecule has 0 amide bonds. The molecule has 0 spiro atoms. The summed E-state index contributed by atoms with van der Waals surface area (Å²) in [5, 5.41) is 0. The van der Waals surface area contributed by atoms with Crippen molar-refractivity contribution < 1.29 is 9.53 Å². The molecule has 0 bridgehead atoms. The topological polar surface area (TPSA) is 26.3 Å². The highest BCUT2D eigenvalue weighted by Crippen LogP contribution is 2.40. The van der Waals surface area contributed by atoms with E-state index >= 15 is 0 Å². The molecule has 0 saturated heterocycles. The van der Waals surface area contributed by atoms with E-state index in [0.717, 1.165) is 0 Å². The highest BCUT2D eigenvalue weighted by Gasteiger charge is 2.40. The standard InChI is InChI=1S/C8H14O2/c1-5-4-6(2)7(5)8(9)10-3/h5-7H,4H2,1-3H3. The Hall–Kier alpha value is -0.530. The highest BCUT2D eigenvalue weighted by molar-refractivity contribution is 5.74. The van der Waals surface area contributed by atoms with Crippen LogP contribution in [0.4, 0.5) is 0 Å². The van der Waals surface area contributed by atoms with Gasteiger partial charge in [0.15, 0.2) is 0 Å². The Morgan fingerprint density at radius 1 is 1.40 bits per heavy atom. The van der Waals surface area contributed by atoms with Crippen LogP contribution in [0.5, 0.6) is 0 Å². The Morgan fingerprint density at radius 3 is 2.10 bits per heavy atom. The van der Waals surface area contributed by atoms with Crippen molar-refractivity contribution in [3.63, 3.8) is 0 Å². The molecule has 0 heterocycles. The van der Waals surface area contributed by atoms with Crippen molar-refractivity contribution in [1.29, 1.82) is 0 Å². The summed E-state index contributed by atoms with van der Waals surface area (Å²) in [7, 11) is 1.46. The van der Waals surface area contributed by atoms with Crippen LogP contribution < -0.4 is 0 Å². The van der Waals surface area contributed by atoms with Gasteiger partial charge in [0.1, 0.15) is 0 Å². The molecule has 1 saturated carbocycles. The third kappa shape index (κ3) is 1.02. The van der Waals surface area contributed by atoms with Crippen LogP contribution in [0.25, 0.3) is 0 Å². The number of carbonyl (C=O) groups is 1. The van der Waals surface area contributed by atoms with E-state index in [1.807, 2.05) is 0 Å². The molecule has 1 aliphatic rings. The quantitative estimate of drug-likeness (QED) is 0.518. The molecule has 0 radical (unpaired) electrons. The van der Waals surface area contributed by atoms with Crippen molar-refractivity contribution in [3.8, 4) is 0 Å². The second-order valence-electron chi connectivity index (χ2n) is 3.24. The van der Waals surface area contributed by atoms with Crippen molar-refractivity contribution in [2.75, 3.05) is 7.11 Å². The summed E-state index contributed by atoms with van der Waals surface area (Å²) in [6.07, 6.45) is 1.17. The molecule has 1 rings (SSSR count). The van der Waals surface area contributed by atoms with Gasteiger partial charge in [-0.1, -0.05) is 13.8 Å². The van der Waals surface area contributed by atoms with Crippen molar-refractivity contribution in [3.05, 3.63) is 0 Å². The summed E-state index contributed by atoms with van der Waals surface area (Å²) in [5.41, 5.74) is 0. The zero-order valence-electron chi connectivity index (χ0n) is 6.76. The van der Waals surface area contributed by atoms with E-state index in [1.165, 1.54) is 13.5 Å². The summed E-state index contributed by atoms with van der Waals surface area (Å²) in [6, 6.07) is 0. The lowest BCUT2D eigenvalue weighted by Crippen LogP contribution is -2.39. The van der Waals surface area contributed by atoms with Crippen LogP contribution in [0.15, 0.2) is 0 Å². The Kier molecular flexibility index (Phi) is 1.97. The average molecular weight is 142 g/mol. The van der Waals surface area contributed by atoms with Crippen LogP contribution in [0.1, 0.15) is 20.3 Å². The van der Waals surface area contributed by atoms with Gasteiger partial charge in [0.05, 0.1) is 13.0 Å². The lowest BCUT2D eigenvalue weighted by molar-refractivity contribution is -0.154. The molecule has 2 atom stereocenters. The van der Waals surface area contributed by atoms with Crippen molar-refractivity contribution >= 4 is 5.97 Å². The molecule has 0 aromatic heterocycles. The first kappa shape index (κ1) is 7.58. The third-order valence-electron chi connectivity index (χ3n) is 2.44. The van der Waals surface area contributed by atoms with Gasteiger partial charge in [-0.2, -0.15) is 0 Å². The van der Waals surface area contributed by atoms with E-state index in [2.05, 4.69) is 18.6 Å². The van der Waals surface area contributed by atoms with Crippen molar-refractivity contribution in [2.24, 2.45) is 17.8 Å². The lowest BCUT2D eigenvalue weighted by atomic mass is 9.67. The second kappa shape index (κ2) is 2.60. The first-order valence-electron chi connectivity index (χ1n) is 3.74. The smallest absolute Gasteiger partial charge is 0.309 e. The summed E-state index contributed by atoms with van der Waals surface area (Å²) >= 11 is 0. The van der Waals surface area contributed by atoms with Gasteiger partial charge in [-0.05, 0) is 18.3 Å². The first-order valence-corrected chi connectivity index (χ1v) is 3.74. The fourth-order valence-electron chi connectivity index (χ4n) is 1.85. The maximum absolute atomic E-state index is 11.0. The number of methoxy groups -OCH3 is 1. The summed E-state index contributed by atoms with van der Waals surface area (Å²) in [6.45, 7) is 4.20. The fraction of sp³-hybridized carbons (Fsp3) is 0.875. The maximum atomic E-state index is 11.0. The SMILES string of the molecule is COC(=O)C1C(C)CC1C. The minimum Gasteiger partial charge on any atom is -0.469 e. The Labute approximate surface area is 61.6 Å². The molecule has 0 aromatic rings. The first-order chi connectivity index (χ1) is 4.66. The Balaban J connectivity index is 2.47. The number of esters is 1. The fourth-order valence-corrected chi connectivity index (χ4v) is 1.85. The van der Waals surface area contributed by atoms with Crippen LogP contribution >= 0.6 is 0 Å². The van der Waals surface area contributed by atoms with Crippen LogP contribution in [0.3, 0.4) is 0 Å². The van der Waals surface area contributed by atoms with Gasteiger partial charge < -0.3 is 4.74 Å². The predicted octanol–water partition coefficient (Wildman–Crippen LogP) is 1.45. The molecule has 1 aliphatic carbocycles. The lowest BCUT2D eigenvalue weighted by Gasteiger charge is -2.38. The van der Waals surface area contributed by atoms with E-state index in [1.54, 1.807) is 0 Å². The van der Waals surface area contributed by atoms with E-state index in [9.17, 15) is 4.79 Å². The summed E-state index contributed by atoms with van der Waals surface area (Å²) < 4.78 is 4.66. The second-order valence-corrected chi connectivity index (χ2v) is 3.24. The number of carbonyl (C=O) groups excluding carboxylic acids is 1. The Morgan fingerprint density at radius 2 is 1.90 bits per heavy atom. The van der Waals surface area contributed by atoms with Crippen molar-refractivity contribution in [1.82, 2.24) is 0 Å². The minimum absolute atomic E-state index is 0.0359. The zero-order chi connectivity index (χ0) is 7.72. The number of rotatable bonds is 1. The highest BCUT2D eigenvalue weighted by atomic mass is 16.5. The molecule has 0 N–H and O–H groups in total. The average Bonchev–Trinajstić information content (AvgIpc) is 1.87. The molecule has 2 heteroatoms. The largest absolute Gasteiger partial charge is 0.469 e. The van der Waals surface area contributed by atoms with E-state index in [4.69, 9.17) is 0 Å². The summed E-state index contributed by atoms with van der Waals surface area (Å²) in [5.74, 6) is 1.20. The molecular weight excluding hydrogens is 128 g/mol. The van der Waals surface area contributed by atoms with Crippen LogP contribution in [0, 0.1) is 17.8 Å². The van der Waals surface area contributed by atoms with Crippen LogP contribution in [-0.4, -0.2) is 13.1 Å². The van der Waals surface area contributed by atoms with Gasteiger partial charge >= 0.3 is 5.97 Å². The van der Waals surface area contributed by atoms with Gasteiger partial charge in [0.25, 0.3) is 0 Å². The monoisotopic (exact) mass is 142 g/mol. The van der Waals surface area contributed by atoms with Gasteiger partial charge in [-0.15, -0.1) is 0 Å². The molecule has 58 valence electrons. The zero-order valence-corrected chi connectivity index (χ0v) is 6.76. The van der Waals surface area contributed by atoms with Gasteiger partial charge in [-0.3, -0.25) is 4.79 Å². The molecule has 2 nitrogen and oxygen atoms in total. The molecule has 1 fully saturated rings. The predicted molar refractivity (Wildman–Crippen MR) is 38.5 cm³/mol. The molecule has 10 heavy (non-hydrogen) atoms. The molecule has 0 aromatic carbocycles. The third-order valence-corrected chi connectivity index (χ3v) is 2.44. The maximum Gasteiger partial charge on any atom is 0.309 e. The minimum atomic E-state index is -0.0359. The molecular formula is C8H14O2.